The fourth-order valence-electron chi connectivity index (χ4n) is 1.60. The molecule has 2 rings (SSSR count). The predicted molar refractivity (Wildman–Crippen MR) is 72.8 cm³/mol. The minimum atomic E-state index is 0.138. The van der Waals surface area contributed by atoms with Gasteiger partial charge in [-0.3, -0.25) is 0 Å². The molecule has 3 heteroatoms. The summed E-state index contributed by atoms with van der Waals surface area (Å²) >= 11 is 0. The van der Waals surface area contributed by atoms with Crippen LogP contribution in [0.4, 0.5) is 5.69 Å². The van der Waals surface area contributed by atoms with Crippen LogP contribution in [-0.4, -0.2) is 18.3 Å². The van der Waals surface area contributed by atoms with E-state index < -0.39 is 0 Å². The molecule has 2 aromatic rings. The molecule has 0 unspecified atom stereocenters. The molecule has 0 saturated carbocycles. The molecule has 0 bridgehead atoms. The SMILES string of the molecule is OCCNc1ccc(COc2ccccc2)cc1. The summed E-state index contributed by atoms with van der Waals surface area (Å²) in [6.07, 6.45) is 0. The molecule has 94 valence electrons. The second-order valence-corrected chi connectivity index (χ2v) is 3.95. The normalized spacial score (nSPS) is 10.1. The van der Waals surface area contributed by atoms with Crippen LogP contribution in [0.3, 0.4) is 0 Å². The highest BCUT2D eigenvalue weighted by molar-refractivity contribution is 5.44. The minimum absolute atomic E-state index is 0.138. The van der Waals surface area contributed by atoms with Crippen molar-refractivity contribution in [3.63, 3.8) is 0 Å². The Hall–Kier alpha value is -2.00. The van der Waals surface area contributed by atoms with Crippen LogP contribution in [0.15, 0.2) is 54.6 Å². The highest BCUT2D eigenvalue weighted by Crippen LogP contribution is 2.13. The number of aliphatic hydroxyl groups excluding tert-OH is 1. The first kappa shape index (κ1) is 12.5. The van der Waals surface area contributed by atoms with Gasteiger partial charge in [-0.15, -0.1) is 0 Å². The summed E-state index contributed by atoms with van der Waals surface area (Å²) in [6.45, 7) is 1.27. The first-order chi connectivity index (χ1) is 8.88. The first-order valence-corrected chi connectivity index (χ1v) is 6.00. The number of ether oxygens (including phenoxy) is 1. The number of benzene rings is 2. The van der Waals surface area contributed by atoms with Crippen LogP contribution in [0.25, 0.3) is 0 Å². The Morgan fingerprint density at radius 1 is 0.944 bits per heavy atom. The number of para-hydroxylation sites is 1. The molecule has 0 aromatic heterocycles. The third-order valence-corrected chi connectivity index (χ3v) is 2.54. The Labute approximate surface area is 107 Å². The van der Waals surface area contributed by atoms with Gasteiger partial charge < -0.3 is 15.2 Å². The van der Waals surface area contributed by atoms with Gasteiger partial charge in [-0.2, -0.15) is 0 Å². The maximum Gasteiger partial charge on any atom is 0.119 e. The molecular weight excluding hydrogens is 226 g/mol. The van der Waals surface area contributed by atoms with Crippen molar-refractivity contribution in [2.75, 3.05) is 18.5 Å². The summed E-state index contributed by atoms with van der Waals surface area (Å²) in [4.78, 5) is 0. The zero-order valence-corrected chi connectivity index (χ0v) is 10.2. The van der Waals surface area contributed by atoms with Gasteiger partial charge in [-0.25, -0.2) is 0 Å². The van der Waals surface area contributed by atoms with Crippen LogP contribution < -0.4 is 10.1 Å². The van der Waals surface area contributed by atoms with Crippen LogP contribution in [-0.2, 0) is 6.61 Å². The molecule has 0 radical (unpaired) electrons. The molecule has 0 heterocycles. The van der Waals surface area contributed by atoms with E-state index in [9.17, 15) is 0 Å². The van der Waals surface area contributed by atoms with E-state index in [4.69, 9.17) is 9.84 Å². The molecule has 0 fully saturated rings. The molecule has 0 atom stereocenters. The van der Waals surface area contributed by atoms with Gasteiger partial charge in [0, 0.05) is 12.2 Å². The summed E-state index contributed by atoms with van der Waals surface area (Å²) in [6, 6.07) is 17.8. The second-order valence-electron chi connectivity index (χ2n) is 3.95. The van der Waals surface area contributed by atoms with Crippen molar-refractivity contribution in [2.45, 2.75) is 6.61 Å². The summed E-state index contributed by atoms with van der Waals surface area (Å²) < 4.78 is 5.65. The summed E-state index contributed by atoms with van der Waals surface area (Å²) in [5.41, 5.74) is 2.13. The van der Waals surface area contributed by atoms with E-state index in [1.54, 1.807) is 0 Å². The fourth-order valence-corrected chi connectivity index (χ4v) is 1.60. The van der Waals surface area contributed by atoms with Gasteiger partial charge in [-0.05, 0) is 29.8 Å². The van der Waals surface area contributed by atoms with Crippen LogP contribution in [0.2, 0.25) is 0 Å². The molecule has 0 aliphatic heterocycles. The van der Waals surface area contributed by atoms with E-state index >= 15 is 0 Å². The van der Waals surface area contributed by atoms with Crippen molar-refractivity contribution in [2.24, 2.45) is 0 Å². The molecule has 3 nitrogen and oxygen atoms in total. The Balaban J connectivity index is 1.86. The maximum absolute atomic E-state index is 8.71. The summed E-state index contributed by atoms with van der Waals surface area (Å²) in [5, 5.41) is 11.8. The lowest BCUT2D eigenvalue weighted by Gasteiger charge is -2.08. The van der Waals surface area contributed by atoms with Crippen LogP contribution in [0.5, 0.6) is 5.75 Å². The average Bonchev–Trinajstić information content (AvgIpc) is 2.45. The van der Waals surface area contributed by atoms with Crippen LogP contribution in [0.1, 0.15) is 5.56 Å². The third kappa shape index (κ3) is 3.79. The molecule has 18 heavy (non-hydrogen) atoms. The first-order valence-electron chi connectivity index (χ1n) is 6.00. The van der Waals surface area contributed by atoms with Gasteiger partial charge in [0.05, 0.1) is 6.61 Å². The predicted octanol–water partition coefficient (Wildman–Crippen LogP) is 2.67. The number of aliphatic hydroxyl groups is 1. The van der Waals surface area contributed by atoms with Gasteiger partial charge in [0.25, 0.3) is 0 Å². The largest absolute Gasteiger partial charge is 0.489 e. The highest BCUT2D eigenvalue weighted by atomic mass is 16.5. The van der Waals surface area contributed by atoms with Gasteiger partial charge in [0.15, 0.2) is 0 Å². The highest BCUT2D eigenvalue weighted by Gasteiger charge is 1.96. The number of hydrogen-bond acceptors (Lipinski definition) is 3. The quantitative estimate of drug-likeness (QED) is 0.819. The smallest absolute Gasteiger partial charge is 0.119 e. The van der Waals surface area contributed by atoms with Crippen molar-refractivity contribution in [1.82, 2.24) is 0 Å². The third-order valence-electron chi connectivity index (χ3n) is 2.54. The molecule has 0 spiro atoms. The maximum atomic E-state index is 8.71. The topological polar surface area (TPSA) is 41.5 Å². The van der Waals surface area contributed by atoms with Crippen LogP contribution >= 0.6 is 0 Å². The zero-order valence-electron chi connectivity index (χ0n) is 10.2. The van der Waals surface area contributed by atoms with E-state index in [0.29, 0.717) is 13.2 Å². The molecule has 0 saturated heterocycles. The monoisotopic (exact) mass is 243 g/mol. The Bertz CT molecular complexity index is 454. The average molecular weight is 243 g/mol. The standard InChI is InChI=1S/C15H17NO2/c17-11-10-16-14-8-6-13(7-9-14)12-18-15-4-2-1-3-5-15/h1-9,16-17H,10-12H2. The summed E-state index contributed by atoms with van der Waals surface area (Å²) in [7, 11) is 0. The van der Waals surface area contributed by atoms with Crippen molar-refractivity contribution in [1.29, 1.82) is 0 Å². The van der Waals surface area contributed by atoms with E-state index in [-0.39, 0.29) is 6.61 Å². The van der Waals surface area contributed by atoms with Crippen LogP contribution in [0, 0.1) is 0 Å². The molecule has 0 amide bonds. The van der Waals surface area contributed by atoms with Gasteiger partial charge in [0.2, 0.25) is 0 Å². The molecular formula is C15H17NO2. The Morgan fingerprint density at radius 3 is 2.33 bits per heavy atom. The Kier molecular flexibility index (Phi) is 4.61. The van der Waals surface area contributed by atoms with E-state index in [1.807, 2.05) is 54.6 Å². The van der Waals surface area contributed by atoms with E-state index in [1.165, 1.54) is 0 Å². The molecule has 0 aliphatic carbocycles. The van der Waals surface area contributed by atoms with E-state index in [2.05, 4.69) is 5.32 Å². The number of rotatable bonds is 6. The lowest BCUT2D eigenvalue weighted by atomic mass is 10.2. The molecule has 2 aromatic carbocycles. The Morgan fingerprint density at radius 2 is 1.67 bits per heavy atom. The van der Waals surface area contributed by atoms with Gasteiger partial charge in [0.1, 0.15) is 12.4 Å². The number of nitrogens with one attached hydrogen (secondary N) is 1. The minimum Gasteiger partial charge on any atom is -0.489 e. The van der Waals surface area contributed by atoms with Crippen molar-refractivity contribution in [3.05, 3.63) is 60.2 Å². The molecule has 2 N–H and O–H groups in total. The van der Waals surface area contributed by atoms with Gasteiger partial charge in [-0.1, -0.05) is 30.3 Å². The van der Waals surface area contributed by atoms with Crippen molar-refractivity contribution >= 4 is 5.69 Å². The van der Waals surface area contributed by atoms with Crippen molar-refractivity contribution in [3.8, 4) is 5.75 Å². The van der Waals surface area contributed by atoms with E-state index in [0.717, 1.165) is 17.0 Å². The van der Waals surface area contributed by atoms with Crippen molar-refractivity contribution < 1.29 is 9.84 Å². The lowest BCUT2D eigenvalue weighted by Crippen LogP contribution is -2.05. The van der Waals surface area contributed by atoms with Gasteiger partial charge >= 0.3 is 0 Å². The molecule has 0 aliphatic rings. The lowest BCUT2D eigenvalue weighted by molar-refractivity contribution is 0.306. The fraction of sp³-hybridized carbons (Fsp3) is 0.200. The number of anilines is 1. The second kappa shape index (κ2) is 6.67. The zero-order chi connectivity index (χ0) is 12.6. The summed E-state index contributed by atoms with van der Waals surface area (Å²) in [5.74, 6) is 0.875. The number of hydrogen-bond donors (Lipinski definition) is 2.